The van der Waals surface area contributed by atoms with E-state index in [9.17, 15) is 4.79 Å². The number of rotatable bonds is 2. The van der Waals surface area contributed by atoms with Crippen LogP contribution < -0.4 is 15.4 Å². The molecule has 1 aromatic carbocycles. The van der Waals surface area contributed by atoms with Crippen LogP contribution in [-0.4, -0.2) is 25.1 Å². The summed E-state index contributed by atoms with van der Waals surface area (Å²) in [7, 11) is 0. The molecule has 2 N–H and O–H groups in total. The fourth-order valence-corrected chi connectivity index (χ4v) is 2.35. The van der Waals surface area contributed by atoms with Gasteiger partial charge in [-0.25, -0.2) is 0 Å². The van der Waals surface area contributed by atoms with Crippen LogP contribution in [0, 0.1) is 0 Å². The minimum atomic E-state index is 0.103. The van der Waals surface area contributed by atoms with Gasteiger partial charge < -0.3 is 15.4 Å². The van der Waals surface area contributed by atoms with E-state index in [0.29, 0.717) is 6.42 Å². The zero-order valence-electron chi connectivity index (χ0n) is 9.66. The molecule has 4 heteroatoms. The second kappa shape index (κ2) is 4.37. The quantitative estimate of drug-likeness (QED) is 0.808. The Hall–Kier alpha value is -1.55. The summed E-state index contributed by atoms with van der Waals surface area (Å²) in [5, 5.41) is 6.15. The third-order valence-corrected chi connectivity index (χ3v) is 3.29. The average molecular weight is 232 g/mol. The third-order valence-electron chi connectivity index (χ3n) is 3.29. The molecule has 2 heterocycles. The summed E-state index contributed by atoms with van der Waals surface area (Å²) >= 11 is 0. The van der Waals surface area contributed by atoms with E-state index in [1.165, 1.54) is 5.56 Å². The normalized spacial score (nSPS) is 23.1. The first-order chi connectivity index (χ1) is 8.31. The Morgan fingerprint density at radius 3 is 3.06 bits per heavy atom. The molecule has 0 aromatic heterocycles. The van der Waals surface area contributed by atoms with E-state index in [0.717, 1.165) is 37.4 Å². The lowest BCUT2D eigenvalue weighted by Gasteiger charge is -2.19. The number of fused-ring (bicyclic) bond motifs is 1. The van der Waals surface area contributed by atoms with Crippen LogP contribution in [0.2, 0.25) is 0 Å². The predicted octanol–water partition coefficient (Wildman–Crippen LogP) is 1.31. The monoisotopic (exact) mass is 232 g/mol. The van der Waals surface area contributed by atoms with Crippen LogP contribution in [0.4, 0.5) is 5.69 Å². The van der Waals surface area contributed by atoms with Crippen molar-refractivity contribution in [1.29, 1.82) is 0 Å². The lowest BCUT2D eigenvalue weighted by Crippen LogP contribution is -2.21. The SMILES string of the molecule is O=C1CCc2cc(O[C@@H]3CCNC3)ccc2N1. The fourth-order valence-electron chi connectivity index (χ4n) is 2.35. The van der Waals surface area contributed by atoms with E-state index < -0.39 is 0 Å². The summed E-state index contributed by atoms with van der Waals surface area (Å²) in [5.41, 5.74) is 2.10. The molecule has 4 nitrogen and oxygen atoms in total. The van der Waals surface area contributed by atoms with Crippen LogP contribution in [-0.2, 0) is 11.2 Å². The molecule has 1 aromatic rings. The summed E-state index contributed by atoms with van der Waals surface area (Å²) in [5.74, 6) is 1.01. The Morgan fingerprint density at radius 1 is 1.29 bits per heavy atom. The van der Waals surface area contributed by atoms with Crippen molar-refractivity contribution in [2.75, 3.05) is 18.4 Å². The lowest BCUT2D eigenvalue weighted by atomic mass is 10.0. The summed E-state index contributed by atoms with van der Waals surface area (Å²) < 4.78 is 5.89. The van der Waals surface area contributed by atoms with Gasteiger partial charge >= 0.3 is 0 Å². The minimum Gasteiger partial charge on any atom is -0.489 e. The van der Waals surface area contributed by atoms with E-state index >= 15 is 0 Å². The van der Waals surface area contributed by atoms with E-state index in [1.54, 1.807) is 0 Å². The average Bonchev–Trinajstić information content (AvgIpc) is 2.82. The largest absolute Gasteiger partial charge is 0.489 e. The summed E-state index contributed by atoms with van der Waals surface area (Å²) in [6.45, 7) is 1.96. The highest BCUT2D eigenvalue weighted by molar-refractivity contribution is 5.93. The van der Waals surface area contributed by atoms with Crippen molar-refractivity contribution >= 4 is 11.6 Å². The molecule has 0 bridgehead atoms. The Bertz CT molecular complexity index is 439. The second-order valence-corrected chi connectivity index (χ2v) is 4.60. The van der Waals surface area contributed by atoms with Gasteiger partial charge in [-0.1, -0.05) is 0 Å². The van der Waals surface area contributed by atoms with Gasteiger partial charge in [0.25, 0.3) is 0 Å². The van der Waals surface area contributed by atoms with E-state index in [-0.39, 0.29) is 12.0 Å². The Kier molecular flexibility index (Phi) is 2.73. The molecule has 3 rings (SSSR count). The summed E-state index contributed by atoms with van der Waals surface area (Å²) in [6.07, 6.45) is 2.72. The van der Waals surface area contributed by atoms with Gasteiger partial charge in [0, 0.05) is 18.7 Å². The topological polar surface area (TPSA) is 50.4 Å². The van der Waals surface area contributed by atoms with Crippen LogP contribution in [0.25, 0.3) is 0 Å². The number of anilines is 1. The molecular weight excluding hydrogens is 216 g/mol. The summed E-state index contributed by atoms with van der Waals surface area (Å²) in [4.78, 5) is 11.2. The number of hydrogen-bond acceptors (Lipinski definition) is 3. The van der Waals surface area contributed by atoms with Gasteiger partial charge in [-0.3, -0.25) is 4.79 Å². The zero-order chi connectivity index (χ0) is 11.7. The maximum atomic E-state index is 11.2. The van der Waals surface area contributed by atoms with Crippen molar-refractivity contribution in [3.63, 3.8) is 0 Å². The van der Waals surface area contributed by atoms with Gasteiger partial charge in [0.1, 0.15) is 11.9 Å². The molecule has 0 saturated carbocycles. The maximum absolute atomic E-state index is 11.2. The molecule has 17 heavy (non-hydrogen) atoms. The van der Waals surface area contributed by atoms with E-state index in [4.69, 9.17) is 4.74 Å². The van der Waals surface area contributed by atoms with Crippen molar-refractivity contribution in [1.82, 2.24) is 5.32 Å². The highest BCUT2D eigenvalue weighted by Crippen LogP contribution is 2.27. The molecule has 1 saturated heterocycles. The Balaban J connectivity index is 1.76. The van der Waals surface area contributed by atoms with Gasteiger partial charge in [0.05, 0.1) is 0 Å². The van der Waals surface area contributed by atoms with Gasteiger partial charge in [0.15, 0.2) is 0 Å². The summed E-state index contributed by atoms with van der Waals surface area (Å²) in [6, 6.07) is 5.92. The molecule has 0 radical (unpaired) electrons. The predicted molar refractivity (Wildman–Crippen MR) is 65.3 cm³/mol. The third kappa shape index (κ3) is 2.26. The fraction of sp³-hybridized carbons (Fsp3) is 0.462. The smallest absolute Gasteiger partial charge is 0.224 e. The van der Waals surface area contributed by atoms with Crippen molar-refractivity contribution in [2.45, 2.75) is 25.4 Å². The van der Waals surface area contributed by atoms with Crippen LogP contribution in [0.15, 0.2) is 18.2 Å². The molecular formula is C13H16N2O2. The first-order valence-electron chi connectivity index (χ1n) is 6.11. The van der Waals surface area contributed by atoms with Crippen molar-refractivity contribution in [2.24, 2.45) is 0 Å². The van der Waals surface area contributed by atoms with Crippen LogP contribution in [0.1, 0.15) is 18.4 Å². The van der Waals surface area contributed by atoms with Gasteiger partial charge in [0.2, 0.25) is 5.91 Å². The molecule has 1 fully saturated rings. The number of nitrogens with one attached hydrogen (secondary N) is 2. The molecule has 0 spiro atoms. The molecule has 0 unspecified atom stereocenters. The maximum Gasteiger partial charge on any atom is 0.224 e. The van der Waals surface area contributed by atoms with E-state index in [1.807, 2.05) is 18.2 Å². The van der Waals surface area contributed by atoms with Crippen molar-refractivity contribution in [3.8, 4) is 5.75 Å². The first kappa shape index (κ1) is 10.6. The van der Waals surface area contributed by atoms with Gasteiger partial charge in [-0.2, -0.15) is 0 Å². The standard InChI is InChI=1S/C13H16N2O2/c16-13-4-1-9-7-10(2-3-12(9)15-13)17-11-5-6-14-8-11/h2-3,7,11,14H,1,4-6,8H2,(H,15,16)/t11-/m1/s1. The number of benzene rings is 1. The Labute approximate surface area is 100 Å². The minimum absolute atomic E-state index is 0.103. The Morgan fingerprint density at radius 2 is 2.24 bits per heavy atom. The van der Waals surface area contributed by atoms with Crippen LogP contribution >= 0.6 is 0 Å². The van der Waals surface area contributed by atoms with E-state index in [2.05, 4.69) is 10.6 Å². The van der Waals surface area contributed by atoms with Crippen molar-refractivity contribution < 1.29 is 9.53 Å². The molecule has 1 atom stereocenters. The number of amides is 1. The lowest BCUT2D eigenvalue weighted by molar-refractivity contribution is -0.116. The van der Waals surface area contributed by atoms with Gasteiger partial charge in [-0.05, 0) is 43.1 Å². The highest BCUT2D eigenvalue weighted by atomic mass is 16.5. The zero-order valence-corrected chi connectivity index (χ0v) is 9.66. The first-order valence-corrected chi connectivity index (χ1v) is 6.11. The van der Waals surface area contributed by atoms with Gasteiger partial charge in [-0.15, -0.1) is 0 Å². The number of ether oxygens (including phenoxy) is 1. The van der Waals surface area contributed by atoms with Crippen molar-refractivity contribution in [3.05, 3.63) is 23.8 Å². The molecule has 1 amide bonds. The number of hydrogen-bond donors (Lipinski definition) is 2. The van der Waals surface area contributed by atoms with Crippen LogP contribution in [0.5, 0.6) is 5.75 Å². The van der Waals surface area contributed by atoms with Crippen LogP contribution in [0.3, 0.4) is 0 Å². The molecule has 2 aliphatic rings. The second-order valence-electron chi connectivity index (χ2n) is 4.60. The highest BCUT2D eigenvalue weighted by Gasteiger charge is 2.18. The molecule has 0 aliphatic carbocycles. The molecule has 2 aliphatic heterocycles. The molecule has 90 valence electrons. The number of aryl methyl sites for hydroxylation is 1. The number of carbonyl (C=O) groups excluding carboxylic acids is 1. The number of carbonyl (C=O) groups is 1.